The van der Waals surface area contributed by atoms with Crippen molar-refractivity contribution in [3.05, 3.63) is 33.9 Å². The van der Waals surface area contributed by atoms with Gasteiger partial charge in [-0.1, -0.05) is 19.4 Å². The molecule has 1 amide bonds. The highest BCUT2D eigenvalue weighted by atomic mass is 16.6. The van der Waals surface area contributed by atoms with Crippen LogP contribution < -0.4 is 11.1 Å². The van der Waals surface area contributed by atoms with Gasteiger partial charge in [-0.05, 0) is 24.9 Å². The first-order valence-electron chi connectivity index (χ1n) is 6.22. The Labute approximate surface area is 112 Å². The molecule has 0 aromatic heterocycles. The number of rotatable bonds is 6. The van der Waals surface area contributed by atoms with Crippen LogP contribution in [0, 0.1) is 23.0 Å². The van der Waals surface area contributed by atoms with Gasteiger partial charge in [-0.3, -0.25) is 14.9 Å². The Hall–Kier alpha value is -1.95. The fourth-order valence-electron chi connectivity index (χ4n) is 1.72. The van der Waals surface area contributed by atoms with Crippen molar-refractivity contribution in [2.75, 3.05) is 11.9 Å². The lowest BCUT2D eigenvalue weighted by atomic mass is 10.0. The highest BCUT2D eigenvalue weighted by Crippen LogP contribution is 2.22. The molecule has 0 bridgehead atoms. The molecule has 0 heterocycles. The van der Waals surface area contributed by atoms with Crippen molar-refractivity contribution in [2.24, 2.45) is 11.7 Å². The minimum absolute atomic E-state index is 0.0354. The second-order valence-corrected chi connectivity index (χ2v) is 4.52. The van der Waals surface area contributed by atoms with Gasteiger partial charge in [-0.2, -0.15) is 0 Å². The van der Waals surface area contributed by atoms with E-state index >= 15 is 0 Å². The third-order valence-electron chi connectivity index (χ3n) is 3.09. The number of nitro benzene ring substituents is 1. The van der Waals surface area contributed by atoms with Crippen LogP contribution in [0.3, 0.4) is 0 Å². The topological polar surface area (TPSA) is 98.3 Å². The van der Waals surface area contributed by atoms with Crippen molar-refractivity contribution in [3.8, 4) is 0 Å². The first-order valence-corrected chi connectivity index (χ1v) is 6.22. The lowest BCUT2D eigenvalue weighted by Gasteiger charge is -2.13. The maximum absolute atomic E-state index is 11.8. The number of nitrogens with zero attached hydrogens (tertiary/aromatic N) is 1. The molecule has 6 heteroatoms. The summed E-state index contributed by atoms with van der Waals surface area (Å²) in [7, 11) is 0. The Morgan fingerprint density at radius 1 is 1.53 bits per heavy atom. The molecular weight excluding hydrogens is 246 g/mol. The van der Waals surface area contributed by atoms with Crippen molar-refractivity contribution in [3.63, 3.8) is 0 Å². The number of non-ortho nitro benzene ring substituents is 1. The maximum Gasteiger partial charge on any atom is 0.271 e. The molecule has 0 aliphatic heterocycles. The number of benzene rings is 1. The largest absolute Gasteiger partial charge is 0.330 e. The Balaban J connectivity index is 2.78. The molecule has 0 fully saturated rings. The number of hydrogen-bond acceptors (Lipinski definition) is 4. The van der Waals surface area contributed by atoms with Crippen LogP contribution in [0.15, 0.2) is 18.2 Å². The van der Waals surface area contributed by atoms with Gasteiger partial charge in [-0.25, -0.2) is 0 Å². The fourth-order valence-corrected chi connectivity index (χ4v) is 1.72. The summed E-state index contributed by atoms with van der Waals surface area (Å²) in [4.78, 5) is 22.1. The van der Waals surface area contributed by atoms with Gasteiger partial charge in [0.25, 0.3) is 5.69 Å². The molecule has 0 saturated carbocycles. The number of nitrogens with two attached hydrogens (primary N) is 1. The molecule has 1 aromatic carbocycles. The molecular formula is C13H19N3O3. The second-order valence-electron chi connectivity index (χ2n) is 4.52. The number of carbonyl (C=O) groups is 1. The minimum Gasteiger partial charge on any atom is -0.330 e. The van der Waals surface area contributed by atoms with Gasteiger partial charge in [0.15, 0.2) is 0 Å². The van der Waals surface area contributed by atoms with Crippen molar-refractivity contribution in [1.29, 1.82) is 0 Å². The van der Waals surface area contributed by atoms with E-state index in [9.17, 15) is 14.9 Å². The normalized spacial score (nSPS) is 11.9. The predicted octanol–water partition coefficient (Wildman–Crippen LogP) is 2.22. The molecule has 1 atom stereocenters. The lowest BCUT2D eigenvalue weighted by molar-refractivity contribution is -0.384. The van der Waals surface area contributed by atoms with Crippen LogP contribution in [-0.4, -0.2) is 17.4 Å². The second kappa shape index (κ2) is 6.84. The van der Waals surface area contributed by atoms with Gasteiger partial charge in [0.1, 0.15) is 0 Å². The van der Waals surface area contributed by atoms with E-state index in [1.54, 1.807) is 13.0 Å². The number of nitro groups is 1. The van der Waals surface area contributed by atoms with E-state index in [2.05, 4.69) is 5.32 Å². The molecule has 19 heavy (non-hydrogen) atoms. The van der Waals surface area contributed by atoms with Crippen LogP contribution >= 0.6 is 0 Å². The lowest BCUT2D eigenvalue weighted by Crippen LogP contribution is -2.22. The average Bonchev–Trinajstić information content (AvgIpc) is 2.38. The van der Waals surface area contributed by atoms with E-state index in [1.807, 2.05) is 6.92 Å². The summed E-state index contributed by atoms with van der Waals surface area (Å²) in [5.74, 6) is -0.0279. The van der Waals surface area contributed by atoms with Crippen molar-refractivity contribution < 1.29 is 9.72 Å². The molecule has 104 valence electrons. The van der Waals surface area contributed by atoms with Crippen LogP contribution in [0.4, 0.5) is 11.4 Å². The molecule has 0 spiro atoms. The van der Waals surface area contributed by atoms with Crippen LogP contribution in [0.5, 0.6) is 0 Å². The molecule has 3 N–H and O–H groups in total. The molecule has 1 rings (SSSR count). The van der Waals surface area contributed by atoms with Gasteiger partial charge in [0.2, 0.25) is 5.91 Å². The summed E-state index contributed by atoms with van der Waals surface area (Å²) in [6, 6.07) is 4.41. The van der Waals surface area contributed by atoms with Gasteiger partial charge < -0.3 is 11.1 Å². The van der Waals surface area contributed by atoms with Crippen LogP contribution in [0.25, 0.3) is 0 Å². The zero-order valence-electron chi connectivity index (χ0n) is 11.2. The zero-order valence-corrected chi connectivity index (χ0v) is 11.2. The molecule has 1 unspecified atom stereocenters. The Bertz CT molecular complexity index is 470. The van der Waals surface area contributed by atoms with Crippen LogP contribution in [0.2, 0.25) is 0 Å². The van der Waals surface area contributed by atoms with Gasteiger partial charge in [0.05, 0.1) is 10.6 Å². The third kappa shape index (κ3) is 4.33. The number of anilines is 1. The van der Waals surface area contributed by atoms with Gasteiger partial charge in [0, 0.05) is 18.6 Å². The van der Waals surface area contributed by atoms with E-state index < -0.39 is 4.92 Å². The number of hydrogen-bond donors (Lipinski definition) is 2. The smallest absolute Gasteiger partial charge is 0.271 e. The quantitative estimate of drug-likeness (QED) is 0.608. The Kier molecular flexibility index (Phi) is 5.44. The molecule has 6 nitrogen and oxygen atoms in total. The molecule has 0 aliphatic carbocycles. The van der Waals surface area contributed by atoms with Gasteiger partial charge in [-0.15, -0.1) is 0 Å². The highest BCUT2D eigenvalue weighted by Gasteiger charge is 2.14. The van der Waals surface area contributed by atoms with Gasteiger partial charge >= 0.3 is 0 Å². The standard InChI is InChI=1S/C13H19N3O3/c1-3-10(8-14)6-13(17)15-12-7-11(16(18)19)5-4-9(12)2/h4-5,7,10H,3,6,8,14H2,1-2H3,(H,15,17). The predicted molar refractivity (Wildman–Crippen MR) is 73.9 cm³/mol. The monoisotopic (exact) mass is 265 g/mol. The first-order chi connectivity index (χ1) is 8.97. The summed E-state index contributed by atoms with van der Waals surface area (Å²) >= 11 is 0. The number of aryl methyl sites for hydroxylation is 1. The van der Waals surface area contributed by atoms with Crippen LogP contribution in [0.1, 0.15) is 25.3 Å². The molecule has 0 saturated heterocycles. The van der Waals surface area contributed by atoms with E-state index in [4.69, 9.17) is 5.73 Å². The van der Waals surface area contributed by atoms with Crippen molar-refractivity contribution >= 4 is 17.3 Å². The summed E-state index contributed by atoms with van der Waals surface area (Å²) in [5, 5.41) is 13.4. The number of carbonyl (C=O) groups excluding carboxylic acids is 1. The summed E-state index contributed by atoms with van der Waals surface area (Å²) in [6.45, 7) is 4.22. The van der Waals surface area contributed by atoms with Crippen LogP contribution in [-0.2, 0) is 4.79 Å². The van der Waals surface area contributed by atoms with E-state index in [0.717, 1.165) is 12.0 Å². The highest BCUT2D eigenvalue weighted by molar-refractivity contribution is 5.92. The minimum atomic E-state index is -0.482. The zero-order chi connectivity index (χ0) is 14.4. The number of amides is 1. The average molecular weight is 265 g/mol. The Morgan fingerprint density at radius 2 is 2.21 bits per heavy atom. The fraction of sp³-hybridized carbons (Fsp3) is 0.462. The van der Waals surface area contributed by atoms with Crippen molar-refractivity contribution in [1.82, 2.24) is 0 Å². The third-order valence-corrected chi connectivity index (χ3v) is 3.09. The van der Waals surface area contributed by atoms with E-state index in [1.165, 1.54) is 12.1 Å². The molecule has 0 radical (unpaired) electrons. The SMILES string of the molecule is CCC(CN)CC(=O)Nc1cc([N+](=O)[O-])ccc1C. The van der Waals surface area contributed by atoms with E-state index in [0.29, 0.717) is 18.7 Å². The first kappa shape index (κ1) is 15.1. The molecule has 0 aliphatic rings. The van der Waals surface area contributed by atoms with Crippen molar-refractivity contribution in [2.45, 2.75) is 26.7 Å². The molecule has 1 aromatic rings. The van der Waals surface area contributed by atoms with E-state index in [-0.39, 0.29) is 17.5 Å². The summed E-state index contributed by atoms with van der Waals surface area (Å²) in [5.41, 5.74) is 6.78. The Morgan fingerprint density at radius 3 is 2.74 bits per heavy atom. The number of nitrogens with one attached hydrogen (secondary N) is 1. The maximum atomic E-state index is 11.8. The summed E-state index contributed by atoms with van der Waals surface area (Å²) in [6.07, 6.45) is 1.16. The summed E-state index contributed by atoms with van der Waals surface area (Å²) < 4.78 is 0.